The molecule has 0 aliphatic rings. The number of hydrogen-bond acceptors (Lipinski definition) is 3. The summed E-state index contributed by atoms with van der Waals surface area (Å²) < 4.78 is 18.9. The molecule has 0 aliphatic heterocycles. The van der Waals surface area contributed by atoms with Gasteiger partial charge in [-0.15, -0.1) is 0 Å². The maximum absolute atomic E-state index is 13.6. The van der Waals surface area contributed by atoms with Crippen LogP contribution in [0.4, 0.5) is 4.39 Å². The van der Waals surface area contributed by atoms with E-state index in [1.807, 2.05) is 12.1 Å². The second-order valence-corrected chi connectivity index (χ2v) is 5.79. The number of carboxylic acids is 1. The number of carboxylic acid groups (broad SMARTS) is 1. The van der Waals surface area contributed by atoms with E-state index in [9.17, 15) is 9.18 Å². The van der Waals surface area contributed by atoms with Crippen LogP contribution in [0.5, 0.6) is 0 Å². The van der Waals surface area contributed by atoms with Crippen LogP contribution < -0.4 is 0 Å². The summed E-state index contributed by atoms with van der Waals surface area (Å²) in [6, 6.07) is 10.3. The number of unbranched alkanes of at least 4 members (excludes halogenated alkanes) is 2. The highest BCUT2D eigenvalue weighted by atomic mass is 35.5. The molecule has 0 fully saturated rings. The van der Waals surface area contributed by atoms with E-state index in [1.165, 1.54) is 12.3 Å². The Labute approximate surface area is 150 Å². The fraction of sp³-hybridized carbons (Fsp3) is 0.263. The number of halogens is 2. The molecule has 0 spiro atoms. The maximum Gasteiger partial charge on any atom is 0.303 e. The van der Waals surface area contributed by atoms with Crippen LogP contribution in [-0.2, 0) is 4.79 Å². The van der Waals surface area contributed by atoms with Crippen LogP contribution in [0.15, 0.2) is 47.0 Å². The highest BCUT2D eigenvalue weighted by molar-refractivity contribution is 6.27. The summed E-state index contributed by atoms with van der Waals surface area (Å²) in [6.45, 7) is 2.06. The van der Waals surface area contributed by atoms with Crippen LogP contribution in [0.2, 0.25) is 5.35 Å². The lowest BCUT2D eigenvalue weighted by Crippen LogP contribution is -1.92. The van der Waals surface area contributed by atoms with Crippen molar-refractivity contribution in [2.24, 2.45) is 0 Å². The number of nitrogens with zero attached hydrogens (tertiary/aromatic N) is 1. The molecule has 0 aliphatic carbocycles. The van der Waals surface area contributed by atoms with Gasteiger partial charge in [0, 0.05) is 17.4 Å². The molecule has 25 heavy (non-hydrogen) atoms. The van der Waals surface area contributed by atoms with Crippen molar-refractivity contribution in [2.75, 3.05) is 0 Å². The third-order valence-corrected chi connectivity index (χ3v) is 3.78. The standard InChI is InChI=1S/C13H7ClFNO.C6H12O2/c14-13-16-7-12(17-13)10-5-6-11(15)9-4-2-1-3-8(9)10;1-2-3-4-5-6(7)8/h1-7H;2-5H2,1H3,(H,7,8). The Morgan fingerprint density at radius 3 is 2.52 bits per heavy atom. The third kappa shape index (κ3) is 5.29. The predicted octanol–water partition coefficient (Wildman–Crippen LogP) is 5.94. The van der Waals surface area contributed by atoms with Crippen molar-refractivity contribution in [1.29, 1.82) is 0 Å². The lowest BCUT2D eigenvalue weighted by Gasteiger charge is -2.04. The largest absolute Gasteiger partial charge is 0.481 e. The summed E-state index contributed by atoms with van der Waals surface area (Å²) in [6.07, 6.45) is 4.81. The quantitative estimate of drug-likeness (QED) is 0.570. The number of aromatic nitrogens is 1. The van der Waals surface area contributed by atoms with E-state index in [0.29, 0.717) is 17.6 Å². The van der Waals surface area contributed by atoms with E-state index in [0.717, 1.165) is 30.2 Å². The van der Waals surface area contributed by atoms with Crippen LogP contribution in [0, 0.1) is 5.82 Å². The van der Waals surface area contributed by atoms with Gasteiger partial charge in [0.25, 0.3) is 5.35 Å². The molecule has 0 saturated carbocycles. The number of rotatable bonds is 5. The molecular formula is C19H19ClFNO3. The van der Waals surface area contributed by atoms with Gasteiger partial charge < -0.3 is 9.52 Å². The fourth-order valence-corrected chi connectivity index (χ4v) is 2.51. The predicted molar refractivity (Wildman–Crippen MR) is 96.2 cm³/mol. The Morgan fingerprint density at radius 1 is 1.20 bits per heavy atom. The second-order valence-electron chi connectivity index (χ2n) is 5.47. The minimum Gasteiger partial charge on any atom is -0.481 e. The van der Waals surface area contributed by atoms with Crippen molar-refractivity contribution in [3.8, 4) is 11.3 Å². The van der Waals surface area contributed by atoms with E-state index >= 15 is 0 Å². The maximum atomic E-state index is 13.6. The van der Waals surface area contributed by atoms with E-state index in [4.69, 9.17) is 21.1 Å². The van der Waals surface area contributed by atoms with E-state index in [-0.39, 0.29) is 11.2 Å². The summed E-state index contributed by atoms with van der Waals surface area (Å²) in [5, 5.41) is 9.55. The monoisotopic (exact) mass is 363 g/mol. The van der Waals surface area contributed by atoms with Crippen molar-refractivity contribution in [2.45, 2.75) is 32.6 Å². The molecule has 1 aromatic heterocycles. The number of benzene rings is 2. The van der Waals surface area contributed by atoms with Gasteiger partial charge in [-0.1, -0.05) is 44.0 Å². The van der Waals surface area contributed by atoms with Gasteiger partial charge in [0.05, 0.1) is 6.20 Å². The molecule has 0 amide bonds. The fourth-order valence-electron chi connectivity index (χ4n) is 2.38. The average Bonchev–Trinajstić information content (AvgIpc) is 3.02. The zero-order chi connectivity index (χ0) is 18.2. The number of carbonyl (C=O) groups is 1. The summed E-state index contributed by atoms with van der Waals surface area (Å²) in [5.74, 6) is -0.403. The molecule has 132 valence electrons. The van der Waals surface area contributed by atoms with E-state index in [1.54, 1.807) is 18.2 Å². The van der Waals surface area contributed by atoms with Gasteiger partial charge in [0.2, 0.25) is 0 Å². The Hall–Kier alpha value is -2.40. The minimum atomic E-state index is -0.682. The lowest BCUT2D eigenvalue weighted by molar-refractivity contribution is -0.137. The molecule has 3 aromatic rings. The first kappa shape index (κ1) is 18.9. The molecule has 4 nitrogen and oxygen atoms in total. The van der Waals surface area contributed by atoms with Crippen LogP contribution in [0.25, 0.3) is 22.1 Å². The number of aliphatic carboxylic acids is 1. The molecule has 2 aromatic carbocycles. The molecule has 0 radical (unpaired) electrons. The van der Waals surface area contributed by atoms with Crippen LogP contribution in [0.1, 0.15) is 32.6 Å². The van der Waals surface area contributed by atoms with Gasteiger partial charge in [-0.3, -0.25) is 4.79 Å². The summed E-state index contributed by atoms with van der Waals surface area (Å²) in [7, 11) is 0. The van der Waals surface area contributed by atoms with Crippen LogP contribution in [-0.4, -0.2) is 16.1 Å². The van der Waals surface area contributed by atoms with Gasteiger partial charge in [0.1, 0.15) is 5.82 Å². The van der Waals surface area contributed by atoms with E-state index in [2.05, 4.69) is 11.9 Å². The molecule has 0 atom stereocenters. The Balaban J connectivity index is 0.000000242. The van der Waals surface area contributed by atoms with Gasteiger partial charge in [-0.2, -0.15) is 0 Å². The average molecular weight is 364 g/mol. The highest BCUT2D eigenvalue weighted by Crippen LogP contribution is 2.31. The molecular weight excluding hydrogens is 345 g/mol. The summed E-state index contributed by atoms with van der Waals surface area (Å²) in [4.78, 5) is 13.7. The molecule has 1 heterocycles. The number of fused-ring (bicyclic) bond motifs is 1. The minimum absolute atomic E-state index is 0.0772. The van der Waals surface area contributed by atoms with Crippen molar-refractivity contribution in [1.82, 2.24) is 4.98 Å². The van der Waals surface area contributed by atoms with E-state index < -0.39 is 5.97 Å². The van der Waals surface area contributed by atoms with Crippen molar-refractivity contribution in [3.63, 3.8) is 0 Å². The first-order valence-electron chi connectivity index (χ1n) is 8.03. The first-order valence-corrected chi connectivity index (χ1v) is 8.41. The van der Waals surface area contributed by atoms with Crippen molar-refractivity contribution < 1.29 is 18.7 Å². The topological polar surface area (TPSA) is 63.3 Å². The molecule has 1 N–H and O–H groups in total. The Bertz CT molecular complexity index is 848. The second kappa shape index (κ2) is 9.18. The zero-order valence-corrected chi connectivity index (χ0v) is 14.6. The summed E-state index contributed by atoms with van der Waals surface area (Å²) >= 11 is 5.64. The number of hydrogen-bond donors (Lipinski definition) is 1. The lowest BCUT2D eigenvalue weighted by atomic mass is 10.0. The van der Waals surface area contributed by atoms with Gasteiger partial charge in [-0.25, -0.2) is 9.37 Å². The molecule has 0 unspecified atom stereocenters. The zero-order valence-electron chi connectivity index (χ0n) is 13.8. The number of oxazole rings is 1. The van der Waals surface area contributed by atoms with Gasteiger partial charge in [-0.05, 0) is 35.5 Å². The normalized spacial score (nSPS) is 10.4. The van der Waals surface area contributed by atoms with Crippen molar-refractivity contribution in [3.05, 3.63) is 53.8 Å². The Morgan fingerprint density at radius 2 is 1.92 bits per heavy atom. The van der Waals surface area contributed by atoms with Gasteiger partial charge in [0.15, 0.2) is 5.76 Å². The van der Waals surface area contributed by atoms with Gasteiger partial charge >= 0.3 is 5.97 Å². The van der Waals surface area contributed by atoms with Crippen LogP contribution in [0.3, 0.4) is 0 Å². The SMILES string of the molecule is CCCCCC(=O)O.Fc1ccc(-c2cnc(Cl)o2)c2ccccc12. The Kier molecular flexibility index (Phi) is 6.95. The summed E-state index contributed by atoms with van der Waals surface area (Å²) in [5.41, 5.74) is 0.779. The third-order valence-electron chi connectivity index (χ3n) is 3.61. The molecule has 3 rings (SSSR count). The molecule has 0 bridgehead atoms. The molecule has 0 saturated heterocycles. The van der Waals surface area contributed by atoms with Crippen molar-refractivity contribution >= 4 is 28.3 Å². The highest BCUT2D eigenvalue weighted by Gasteiger charge is 2.10. The molecule has 6 heteroatoms. The van der Waals surface area contributed by atoms with Crippen LogP contribution >= 0.6 is 11.6 Å². The first-order chi connectivity index (χ1) is 12.0. The smallest absolute Gasteiger partial charge is 0.303 e.